The molecule has 0 heterocycles. The van der Waals surface area contributed by atoms with E-state index < -0.39 is 6.10 Å². The van der Waals surface area contributed by atoms with Crippen molar-refractivity contribution in [3.8, 4) is 0 Å². The largest absolute Gasteiger partial charge is 0.387 e. The highest BCUT2D eigenvalue weighted by Gasteiger charge is 2.21. The summed E-state index contributed by atoms with van der Waals surface area (Å²) < 4.78 is 0. The average molecular weight is 424 g/mol. The molecule has 0 fully saturated rings. The molecule has 0 saturated heterocycles. The van der Waals surface area contributed by atoms with Crippen LogP contribution in [0.2, 0.25) is 0 Å². The van der Waals surface area contributed by atoms with Crippen LogP contribution >= 0.6 is 0 Å². The van der Waals surface area contributed by atoms with Gasteiger partial charge in [0.15, 0.2) is 0 Å². The maximum atomic E-state index is 11.2. The van der Waals surface area contributed by atoms with Crippen LogP contribution in [0.15, 0.2) is 24.3 Å². The van der Waals surface area contributed by atoms with Crippen LogP contribution in [0.3, 0.4) is 0 Å². The molecule has 1 aliphatic rings. The molecule has 2 unspecified atom stereocenters. The summed E-state index contributed by atoms with van der Waals surface area (Å²) in [5, 5.41) is 14.0. The highest BCUT2D eigenvalue weighted by atomic mass is 16.3. The number of hydrogen-bond acceptors (Lipinski definition) is 2. The molecule has 0 spiro atoms. The topological polar surface area (TPSA) is 23.5 Å². The third kappa shape index (κ3) is 6.11. The van der Waals surface area contributed by atoms with Crippen molar-refractivity contribution in [2.24, 2.45) is 0 Å². The molecule has 2 atom stereocenters. The molecule has 2 aromatic rings. The van der Waals surface area contributed by atoms with Crippen LogP contribution in [0, 0.1) is 0 Å². The van der Waals surface area contributed by atoms with Crippen molar-refractivity contribution in [1.82, 2.24) is 4.90 Å². The number of aliphatic hydroxyl groups is 1. The Kier molecular flexibility index (Phi) is 9.41. The van der Waals surface area contributed by atoms with Crippen molar-refractivity contribution in [3.63, 3.8) is 0 Å². The second-order valence-electron chi connectivity index (χ2n) is 9.79. The lowest BCUT2D eigenvalue weighted by Gasteiger charge is -2.27. The number of benzene rings is 2. The van der Waals surface area contributed by atoms with Gasteiger partial charge in [0.25, 0.3) is 0 Å². The van der Waals surface area contributed by atoms with Crippen LogP contribution in [0.25, 0.3) is 10.8 Å². The molecule has 0 bridgehead atoms. The van der Waals surface area contributed by atoms with Gasteiger partial charge in [0.2, 0.25) is 0 Å². The number of fused-ring (bicyclic) bond motifs is 3. The Morgan fingerprint density at radius 2 is 1.68 bits per heavy atom. The lowest BCUT2D eigenvalue weighted by atomic mass is 9.79. The summed E-state index contributed by atoms with van der Waals surface area (Å²) in [5.41, 5.74) is 5.66. The Morgan fingerprint density at radius 1 is 0.968 bits per heavy atom. The molecule has 31 heavy (non-hydrogen) atoms. The van der Waals surface area contributed by atoms with Gasteiger partial charge >= 0.3 is 0 Å². The van der Waals surface area contributed by atoms with Gasteiger partial charge in [-0.15, -0.1) is 0 Å². The van der Waals surface area contributed by atoms with E-state index in [0.29, 0.717) is 5.92 Å². The smallest absolute Gasteiger partial charge is 0.0917 e. The number of rotatable bonds is 12. The van der Waals surface area contributed by atoms with Crippen molar-refractivity contribution in [3.05, 3.63) is 46.5 Å². The highest BCUT2D eigenvalue weighted by molar-refractivity contribution is 5.91. The van der Waals surface area contributed by atoms with Crippen molar-refractivity contribution >= 4 is 10.8 Å². The molecular weight excluding hydrogens is 378 g/mol. The molecule has 3 rings (SSSR count). The quantitative estimate of drug-likeness (QED) is 0.356. The van der Waals surface area contributed by atoms with Crippen molar-refractivity contribution in [1.29, 1.82) is 0 Å². The normalized spacial score (nSPS) is 17.3. The van der Waals surface area contributed by atoms with E-state index in [1.807, 2.05) is 0 Å². The van der Waals surface area contributed by atoms with Gasteiger partial charge in [-0.1, -0.05) is 71.6 Å². The SMILES string of the molecule is CCCCCN(CCCCC)CC(O)c1ccc2c3c(cc(CC)c2c1)C(C)CCC3. The van der Waals surface area contributed by atoms with E-state index in [0.717, 1.165) is 31.6 Å². The molecule has 2 heteroatoms. The van der Waals surface area contributed by atoms with E-state index in [1.165, 1.54) is 74.1 Å². The first-order chi connectivity index (χ1) is 15.1. The molecule has 1 aliphatic carbocycles. The van der Waals surface area contributed by atoms with Gasteiger partial charge in [0.05, 0.1) is 6.10 Å². The van der Waals surface area contributed by atoms with E-state index in [1.54, 1.807) is 11.1 Å². The minimum Gasteiger partial charge on any atom is -0.387 e. The molecule has 0 radical (unpaired) electrons. The minimum absolute atomic E-state index is 0.410. The summed E-state index contributed by atoms with van der Waals surface area (Å²) >= 11 is 0. The third-order valence-corrected chi connectivity index (χ3v) is 7.34. The van der Waals surface area contributed by atoms with Crippen LogP contribution in [0.4, 0.5) is 0 Å². The molecule has 2 aromatic carbocycles. The summed E-state index contributed by atoms with van der Waals surface area (Å²) in [7, 11) is 0. The van der Waals surface area contributed by atoms with Crippen molar-refractivity contribution < 1.29 is 5.11 Å². The molecule has 1 N–H and O–H groups in total. The summed E-state index contributed by atoms with van der Waals surface area (Å²) in [4.78, 5) is 2.50. The standard InChI is InChI=1S/C29H45NO/c1-5-8-10-17-30(18-11-9-6-2)21-29(31)24-15-16-26-25-14-12-13-22(4)27(25)19-23(7-3)28(26)20-24/h15-16,19-20,22,29,31H,5-14,17-18,21H2,1-4H3. The number of aliphatic hydroxyl groups excluding tert-OH is 1. The molecule has 0 aliphatic heterocycles. The van der Waals surface area contributed by atoms with Gasteiger partial charge < -0.3 is 10.0 Å². The van der Waals surface area contributed by atoms with E-state index in [2.05, 4.69) is 56.9 Å². The van der Waals surface area contributed by atoms with Gasteiger partial charge in [0.1, 0.15) is 0 Å². The monoisotopic (exact) mass is 423 g/mol. The molecule has 0 saturated carbocycles. The fourth-order valence-corrected chi connectivity index (χ4v) is 5.37. The molecule has 0 aromatic heterocycles. The lowest BCUT2D eigenvalue weighted by Crippen LogP contribution is -2.31. The third-order valence-electron chi connectivity index (χ3n) is 7.34. The van der Waals surface area contributed by atoms with E-state index in [-0.39, 0.29) is 0 Å². The van der Waals surface area contributed by atoms with Crippen LogP contribution in [0.1, 0.15) is 113 Å². The molecular formula is C29H45NO. The second-order valence-corrected chi connectivity index (χ2v) is 9.79. The van der Waals surface area contributed by atoms with Gasteiger partial charge in [-0.25, -0.2) is 0 Å². The Bertz CT molecular complexity index is 817. The zero-order valence-electron chi connectivity index (χ0n) is 20.6. The number of hydrogen-bond donors (Lipinski definition) is 1. The van der Waals surface area contributed by atoms with Gasteiger partial charge in [-0.05, 0) is 96.6 Å². The van der Waals surface area contributed by atoms with E-state index >= 15 is 0 Å². The Morgan fingerprint density at radius 3 is 2.32 bits per heavy atom. The molecule has 172 valence electrons. The van der Waals surface area contributed by atoms with Crippen LogP contribution in [0.5, 0.6) is 0 Å². The first-order valence-electron chi connectivity index (χ1n) is 13.1. The maximum Gasteiger partial charge on any atom is 0.0917 e. The van der Waals surface area contributed by atoms with E-state index in [4.69, 9.17) is 0 Å². The van der Waals surface area contributed by atoms with E-state index in [9.17, 15) is 5.11 Å². The minimum atomic E-state index is -0.410. The van der Waals surface area contributed by atoms with Crippen LogP contribution in [-0.2, 0) is 12.8 Å². The number of unbranched alkanes of at least 4 members (excludes halogenated alkanes) is 4. The molecule has 2 nitrogen and oxygen atoms in total. The lowest BCUT2D eigenvalue weighted by molar-refractivity contribution is 0.110. The molecule has 0 amide bonds. The summed E-state index contributed by atoms with van der Waals surface area (Å²) in [5.74, 6) is 0.670. The summed E-state index contributed by atoms with van der Waals surface area (Å²) in [6, 6.07) is 9.28. The van der Waals surface area contributed by atoms with Crippen LogP contribution < -0.4 is 0 Å². The fraction of sp³-hybridized carbons (Fsp3) is 0.655. The second kappa shape index (κ2) is 12.0. The summed E-state index contributed by atoms with van der Waals surface area (Å²) in [6.45, 7) is 12.1. The predicted octanol–water partition coefficient (Wildman–Crippen LogP) is 7.56. The van der Waals surface area contributed by atoms with Crippen molar-refractivity contribution in [2.45, 2.75) is 104 Å². The number of aryl methyl sites for hydroxylation is 2. The highest BCUT2D eigenvalue weighted by Crippen LogP contribution is 2.38. The maximum absolute atomic E-state index is 11.2. The first-order valence-corrected chi connectivity index (χ1v) is 13.1. The Balaban J connectivity index is 1.82. The Labute approximate surface area is 191 Å². The van der Waals surface area contributed by atoms with Gasteiger partial charge in [0, 0.05) is 6.54 Å². The predicted molar refractivity (Wildman–Crippen MR) is 135 cm³/mol. The first kappa shape index (κ1) is 24.3. The van der Waals surface area contributed by atoms with Crippen LogP contribution in [-0.4, -0.2) is 29.6 Å². The average Bonchev–Trinajstić information content (AvgIpc) is 2.78. The van der Waals surface area contributed by atoms with Gasteiger partial charge in [-0.2, -0.15) is 0 Å². The van der Waals surface area contributed by atoms with Gasteiger partial charge in [-0.3, -0.25) is 0 Å². The zero-order valence-corrected chi connectivity index (χ0v) is 20.6. The number of nitrogens with zero attached hydrogens (tertiary/aromatic N) is 1. The fourth-order valence-electron chi connectivity index (χ4n) is 5.37. The van der Waals surface area contributed by atoms with Crippen molar-refractivity contribution in [2.75, 3.05) is 19.6 Å². The Hall–Kier alpha value is -1.38. The zero-order chi connectivity index (χ0) is 22.2. The summed E-state index contributed by atoms with van der Waals surface area (Å²) in [6.07, 6.45) is 12.0.